The van der Waals surface area contributed by atoms with E-state index in [1.165, 1.54) is 0 Å². The standard InChI is InChI=1S/C19H24N4O2/c1-3-25-17-7-5-16(6-8-17)14-19(24)23-12-10-22(11-13-23)18-9-4-15(2)20-21-18/h4-9H,3,10-14H2,1-2H3. The third kappa shape index (κ3) is 4.47. The lowest BCUT2D eigenvalue weighted by Crippen LogP contribution is -2.49. The minimum atomic E-state index is 0.166. The Morgan fingerprint density at radius 1 is 1.04 bits per heavy atom. The molecule has 1 aromatic carbocycles. The Morgan fingerprint density at radius 2 is 1.76 bits per heavy atom. The summed E-state index contributed by atoms with van der Waals surface area (Å²) in [6.45, 7) is 7.53. The molecule has 0 unspecified atom stereocenters. The van der Waals surface area contributed by atoms with Crippen molar-refractivity contribution in [3.8, 4) is 5.75 Å². The van der Waals surface area contributed by atoms with Gasteiger partial charge in [0.25, 0.3) is 0 Å². The van der Waals surface area contributed by atoms with Crippen molar-refractivity contribution in [2.24, 2.45) is 0 Å². The molecule has 0 bridgehead atoms. The van der Waals surface area contributed by atoms with Crippen molar-refractivity contribution in [3.63, 3.8) is 0 Å². The van der Waals surface area contributed by atoms with Crippen LogP contribution in [-0.2, 0) is 11.2 Å². The van der Waals surface area contributed by atoms with Crippen LogP contribution in [0.15, 0.2) is 36.4 Å². The molecular formula is C19H24N4O2. The van der Waals surface area contributed by atoms with Gasteiger partial charge in [-0.2, -0.15) is 5.10 Å². The van der Waals surface area contributed by atoms with Gasteiger partial charge in [-0.1, -0.05) is 12.1 Å². The number of rotatable bonds is 5. The number of aryl methyl sites for hydroxylation is 1. The molecule has 0 N–H and O–H groups in total. The number of benzene rings is 1. The van der Waals surface area contributed by atoms with E-state index >= 15 is 0 Å². The molecule has 1 aromatic heterocycles. The molecule has 1 aliphatic heterocycles. The van der Waals surface area contributed by atoms with E-state index in [2.05, 4.69) is 15.1 Å². The summed E-state index contributed by atoms with van der Waals surface area (Å²) >= 11 is 0. The Balaban J connectivity index is 1.51. The normalized spacial score (nSPS) is 14.5. The van der Waals surface area contributed by atoms with Gasteiger partial charge in [-0.15, -0.1) is 5.10 Å². The van der Waals surface area contributed by atoms with Gasteiger partial charge in [0.2, 0.25) is 5.91 Å². The van der Waals surface area contributed by atoms with Crippen molar-refractivity contribution >= 4 is 11.7 Å². The Labute approximate surface area is 148 Å². The average molecular weight is 340 g/mol. The lowest BCUT2D eigenvalue weighted by Gasteiger charge is -2.35. The van der Waals surface area contributed by atoms with Gasteiger partial charge in [0.1, 0.15) is 5.75 Å². The fourth-order valence-corrected chi connectivity index (χ4v) is 2.90. The maximum atomic E-state index is 12.5. The van der Waals surface area contributed by atoms with Crippen molar-refractivity contribution in [2.75, 3.05) is 37.7 Å². The third-order valence-corrected chi connectivity index (χ3v) is 4.33. The predicted octanol–water partition coefficient (Wildman–Crippen LogP) is 2.08. The topological polar surface area (TPSA) is 58.6 Å². The van der Waals surface area contributed by atoms with Crippen molar-refractivity contribution in [2.45, 2.75) is 20.3 Å². The number of carbonyl (C=O) groups excluding carboxylic acids is 1. The summed E-state index contributed by atoms with van der Waals surface area (Å²) < 4.78 is 5.43. The summed E-state index contributed by atoms with van der Waals surface area (Å²) in [5.41, 5.74) is 1.92. The molecule has 25 heavy (non-hydrogen) atoms. The second-order valence-corrected chi connectivity index (χ2v) is 6.15. The molecule has 1 amide bonds. The number of anilines is 1. The summed E-state index contributed by atoms with van der Waals surface area (Å²) in [6.07, 6.45) is 0.427. The van der Waals surface area contributed by atoms with Gasteiger partial charge in [-0.25, -0.2) is 0 Å². The second-order valence-electron chi connectivity index (χ2n) is 6.15. The van der Waals surface area contributed by atoms with Crippen molar-refractivity contribution in [3.05, 3.63) is 47.7 Å². The van der Waals surface area contributed by atoms with E-state index in [1.807, 2.05) is 55.1 Å². The first-order valence-electron chi connectivity index (χ1n) is 8.70. The summed E-state index contributed by atoms with van der Waals surface area (Å²) in [5, 5.41) is 8.33. The average Bonchev–Trinajstić information content (AvgIpc) is 2.64. The number of ether oxygens (including phenoxy) is 1. The maximum absolute atomic E-state index is 12.5. The zero-order chi connectivity index (χ0) is 17.6. The zero-order valence-electron chi connectivity index (χ0n) is 14.8. The van der Waals surface area contributed by atoms with E-state index in [9.17, 15) is 4.79 Å². The van der Waals surface area contributed by atoms with E-state index < -0.39 is 0 Å². The predicted molar refractivity (Wildman–Crippen MR) is 96.9 cm³/mol. The Morgan fingerprint density at radius 3 is 2.36 bits per heavy atom. The first kappa shape index (κ1) is 17.2. The Hall–Kier alpha value is -2.63. The van der Waals surface area contributed by atoms with Crippen LogP contribution in [0.4, 0.5) is 5.82 Å². The van der Waals surface area contributed by atoms with E-state index in [4.69, 9.17) is 4.74 Å². The number of carbonyl (C=O) groups is 1. The highest BCUT2D eigenvalue weighted by Gasteiger charge is 2.22. The van der Waals surface area contributed by atoms with Crippen LogP contribution >= 0.6 is 0 Å². The zero-order valence-corrected chi connectivity index (χ0v) is 14.8. The molecule has 0 aliphatic carbocycles. The molecule has 1 saturated heterocycles. The smallest absolute Gasteiger partial charge is 0.227 e. The van der Waals surface area contributed by atoms with Crippen LogP contribution in [-0.4, -0.2) is 53.8 Å². The van der Waals surface area contributed by atoms with Gasteiger partial charge in [-0.3, -0.25) is 4.79 Å². The molecule has 2 heterocycles. The van der Waals surface area contributed by atoms with Crippen LogP contribution < -0.4 is 9.64 Å². The molecule has 0 spiro atoms. The molecule has 6 heteroatoms. The third-order valence-electron chi connectivity index (χ3n) is 4.33. The Kier molecular flexibility index (Phi) is 5.48. The van der Waals surface area contributed by atoms with Gasteiger partial charge in [0.05, 0.1) is 18.7 Å². The maximum Gasteiger partial charge on any atom is 0.227 e. The second kappa shape index (κ2) is 7.96. The number of hydrogen-bond acceptors (Lipinski definition) is 5. The largest absolute Gasteiger partial charge is 0.494 e. The number of hydrogen-bond donors (Lipinski definition) is 0. The molecule has 3 rings (SSSR count). The van der Waals surface area contributed by atoms with Gasteiger partial charge in [0, 0.05) is 26.2 Å². The number of aromatic nitrogens is 2. The molecule has 0 radical (unpaired) electrons. The lowest BCUT2D eigenvalue weighted by molar-refractivity contribution is -0.130. The lowest BCUT2D eigenvalue weighted by atomic mass is 10.1. The minimum Gasteiger partial charge on any atom is -0.494 e. The van der Waals surface area contributed by atoms with E-state index in [0.29, 0.717) is 26.1 Å². The van der Waals surface area contributed by atoms with Crippen LogP contribution in [0.3, 0.4) is 0 Å². The van der Waals surface area contributed by atoms with Gasteiger partial charge in [0.15, 0.2) is 5.82 Å². The highest BCUT2D eigenvalue weighted by Crippen LogP contribution is 2.15. The molecule has 1 aliphatic rings. The molecule has 0 atom stereocenters. The number of amides is 1. The highest BCUT2D eigenvalue weighted by atomic mass is 16.5. The van der Waals surface area contributed by atoms with E-state index in [0.717, 1.165) is 35.9 Å². The van der Waals surface area contributed by atoms with Crippen molar-refractivity contribution < 1.29 is 9.53 Å². The van der Waals surface area contributed by atoms with Gasteiger partial charge >= 0.3 is 0 Å². The van der Waals surface area contributed by atoms with Crippen LogP contribution in [0.1, 0.15) is 18.2 Å². The van der Waals surface area contributed by atoms with E-state index in [1.54, 1.807) is 0 Å². The summed E-state index contributed by atoms with van der Waals surface area (Å²) in [7, 11) is 0. The summed E-state index contributed by atoms with van der Waals surface area (Å²) in [4.78, 5) is 16.6. The first-order chi connectivity index (χ1) is 12.2. The fourth-order valence-electron chi connectivity index (χ4n) is 2.90. The van der Waals surface area contributed by atoms with Crippen molar-refractivity contribution in [1.29, 1.82) is 0 Å². The molecule has 6 nitrogen and oxygen atoms in total. The van der Waals surface area contributed by atoms with Gasteiger partial charge in [-0.05, 0) is 43.7 Å². The monoisotopic (exact) mass is 340 g/mol. The van der Waals surface area contributed by atoms with Crippen molar-refractivity contribution in [1.82, 2.24) is 15.1 Å². The highest BCUT2D eigenvalue weighted by molar-refractivity contribution is 5.79. The first-order valence-corrected chi connectivity index (χ1v) is 8.70. The summed E-state index contributed by atoms with van der Waals surface area (Å²) in [6, 6.07) is 11.7. The molecular weight excluding hydrogens is 316 g/mol. The van der Waals surface area contributed by atoms with Gasteiger partial charge < -0.3 is 14.5 Å². The Bertz CT molecular complexity index is 692. The fraction of sp³-hybridized carbons (Fsp3) is 0.421. The van der Waals surface area contributed by atoms with Crippen LogP contribution in [0.5, 0.6) is 5.75 Å². The molecule has 1 fully saturated rings. The molecule has 2 aromatic rings. The van der Waals surface area contributed by atoms with Crippen LogP contribution in [0.2, 0.25) is 0 Å². The van der Waals surface area contributed by atoms with E-state index in [-0.39, 0.29) is 5.91 Å². The minimum absolute atomic E-state index is 0.166. The number of nitrogens with zero attached hydrogens (tertiary/aromatic N) is 4. The number of piperazine rings is 1. The summed E-state index contributed by atoms with van der Waals surface area (Å²) in [5.74, 6) is 1.88. The molecule has 132 valence electrons. The SMILES string of the molecule is CCOc1ccc(CC(=O)N2CCN(c3ccc(C)nn3)CC2)cc1. The van der Waals surface area contributed by atoms with Crippen LogP contribution in [0, 0.1) is 6.92 Å². The quantitative estimate of drug-likeness (QED) is 0.834. The van der Waals surface area contributed by atoms with Crippen LogP contribution in [0.25, 0.3) is 0 Å². The molecule has 0 saturated carbocycles.